The Morgan fingerprint density at radius 1 is 0.971 bits per heavy atom. The molecule has 2 fully saturated rings. The first-order valence-electron chi connectivity index (χ1n) is 12.1. The lowest BCUT2D eigenvalue weighted by molar-refractivity contribution is -0.140. The summed E-state index contributed by atoms with van der Waals surface area (Å²) >= 11 is 0. The maximum Gasteiger partial charge on any atom is 0.250 e. The third-order valence-electron chi connectivity index (χ3n) is 6.78. The molecule has 0 saturated carbocycles. The number of carbonyl (C=O) groups excluding carboxylic acids is 3. The topological polar surface area (TPSA) is 73.0 Å². The molecule has 7 nitrogen and oxygen atoms in total. The second-order valence-corrected chi connectivity index (χ2v) is 9.53. The summed E-state index contributed by atoms with van der Waals surface area (Å²) < 4.78 is 0. The lowest BCUT2D eigenvalue weighted by atomic mass is 9.85. The Balaban J connectivity index is 1.46. The minimum absolute atomic E-state index is 0.0216. The van der Waals surface area contributed by atoms with Crippen molar-refractivity contribution in [1.82, 2.24) is 15.1 Å². The van der Waals surface area contributed by atoms with Gasteiger partial charge in [-0.1, -0.05) is 48.5 Å². The number of hydrogen-bond acceptors (Lipinski definition) is 4. The van der Waals surface area contributed by atoms with Gasteiger partial charge in [-0.2, -0.15) is 0 Å². The summed E-state index contributed by atoms with van der Waals surface area (Å²) in [5, 5.41) is 2.88. The molecule has 0 atom stereocenters. The molecule has 7 heteroatoms. The summed E-state index contributed by atoms with van der Waals surface area (Å²) in [5.41, 5.74) is 1.39. The summed E-state index contributed by atoms with van der Waals surface area (Å²) in [7, 11) is 0. The van der Waals surface area contributed by atoms with E-state index < -0.39 is 5.54 Å². The molecular weight excluding hydrogens is 428 g/mol. The van der Waals surface area contributed by atoms with E-state index in [1.807, 2.05) is 79.4 Å². The minimum Gasteiger partial charge on any atom is -0.352 e. The van der Waals surface area contributed by atoms with Crippen molar-refractivity contribution in [3.8, 4) is 0 Å². The molecule has 2 aliphatic rings. The number of amides is 3. The van der Waals surface area contributed by atoms with E-state index in [1.165, 1.54) is 0 Å². The van der Waals surface area contributed by atoms with Crippen LogP contribution in [0.25, 0.3) is 0 Å². The molecule has 2 heterocycles. The Hall–Kier alpha value is -3.35. The van der Waals surface area contributed by atoms with Gasteiger partial charge in [-0.15, -0.1) is 0 Å². The SMILES string of the molecule is CC(C)NC(=O)CN1CN(c2ccccc2)C2(CCN(C(=O)CCc3ccccc3)CC2)C1=O. The van der Waals surface area contributed by atoms with E-state index in [9.17, 15) is 14.4 Å². The molecule has 0 aromatic heterocycles. The number of likely N-dealkylation sites (tertiary alicyclic amines) is 1. The summed E-state index contributed by atoms with van der Waals surface area (Å²) in [6.07, 6.45) is 2.30. The highest BCUT2D eigenvalue weighted by Gasteiger charge is 2.54. The second kappa shape index (κ2) is 10.3. The van der Waals surface area contributed by atoms with E-state index in [0.717, 1.165) is 17.7 Å². The van der Waals surface area contributed by atoms with Crippen molar-refractivity contribution in [2.45, 2.75) is 51.1 Å². The first kappa shape index (κ1) is 23.8. The molecule has 1 N–H and O–H groups in total. The summed E-state index contributed by atoms with van der Waals surface area (Å²) in [4.78, 5) is 44.6. The standard InChI is InChI=1S/C27H34N4O3/c1-21(2)28-24(32)19-30-20-31(23-11-7-4-8-12-23)27(26(30)34)15-17-29(18-16-27)25(33)14-13-22-9-5-3-6-10-22/h3-12,21H,13-20H2,1-2H3,(H,28,32). The first-order valence-corrected chi connectivity index (χ1v) is 12.1. The van der Waals surface area contributed by atoms with Crippen molar-refractivity contribution in [2.24, 2.45) is 0 Å². The van der Waals surface area contributed by atoms with Crippen molar-refractivity contribution in [3.05, 3.63) is 66.2 Å². The molecule has 3 amide bonds. The van der Waals surface area contributed by atoms with Crippen LogP contribution in [-0.4, -0.2) is 65.4 Å². The zero-order valence-corrected chi connectivity index (χ0v) is 20.1. The van der Waals surface area contributed by atoms with Crippen LogP contribution in [0.15, 0.2) is 60.7 Å². The molecule has 180 valence electrons. The highest BCUT2D eigenvalue weighted by molar-refractivity contribution is 5.96. The van der Waals surface area contributed by atoms with Gasteiger partial charge in [0.2, 0.25) is 11.8 Å². The van der Waals surface area contributed by atoms with E-state index in [2.05, 4.69) is 10.2 Å². The van der Waals surface area contributed by atoms with Crippen molar-refractivity contribution in [2.75, 3.05) is 31.2 Å². The Kier molecular flexibility index (Phi) is 7.20. The molecule has 2 aromatic carbocycles. The molecule has 0 unspecified atom stereocenters. The Morgan fingerprint density at radius 2 is 1.59 bits per heavy atom. The molecule has 4 rings (SSSR count). The van der Waals surface area contributed by atoms with Crippen LogP contribution in [0.3, 0.4) is 0 Å². The Morgan fingerprint density at radius 3 is 2.21 bits per heavy atom. The van der Waals surface area contributed by atoms with Gasteiger partial charge in [-0.05, 0) is 50.8 Å². The van der Waals surface area contributed by atoms with Crippen molar-refractivity contribution in [3.63, 3.8) is 0 Å². The number of para-hydroxylation sites is 1. The lowest BCUT2D eigenvalue weighted by Gasteiger charge is -2.43. The number of nitrogens with one attached hydrogen (secondary N) is 1. The number of nitrogens with zero attached hydrogens (tertiary/aromatic N) is 3. The van der Waals surface area contributed by atoms with E-state index in [4.69, 9.17) is 0 Å². The van der Waals surface area contributed by atoms with Crippen molar-refractivity contribution < 1.29 is 14.4 Å². The van der Waals surface area contributed by atoms with Crippen LogP contribution in [0, 0.1) is 0 Å². The summed E-state index contributed by atoms with van der Waals surface area (Å²) in [5.74, 6) is -0.0443. The van der Waals surface area contributed by atoms with Gasteiger partial charge in [0.1, 0.15) is 12.1 Å². The fraction of sp³-hybridized carbons (Fsp3) is 0.444. The number of anilines is 1. The van der Waals surface area contributed by atoms with Crippen LogP contribution in [0.5, 0.6) is 0 Å². The highest BCUT2D eigenvalue weighted by atomic mass is 16.2. The molecular formula is C27H34N4O3. The van der Waals surface area contributed by atoms with Gasteiger partial charge in [-0.25, -0.2) is 0 Å². The summed E-state index contributed by atoms with van der Waals surface area (Å²) in [6, 6.07) is 19.9. The zero-order valence-electron chi connectivity index (χ0n) is 20.1. The van der Waals surface area contributed by atoms with Crippen LogP contribution in [0.2, 0.25) is 0 Å². The van der Waals surface area contributed by atoms with Gasteiger partial charge in [0.15, 0.2) is 0 Å². The second-order valence-electron chi connectivity index (χ2n) is 9.53. The van der Waals surface area contributed by atoms with E-state index in [-0.39, 0.29) is 30.3 Å². The van der Waals surface area contributed by atoms with Gasteiger partial charge in [0.05, 0.1) is 6.67 Å². The number of benzene rings is 2. The Bertz CT molecular complexity index is 1000. The lowest BCUT2D eigenvalue weighted by Crippen LogP contribution is -2.57. The molecule has 0 aliphatic carbocycles. The van der Waals surface area contributed by atoms with E-state index >= 15 is 0 Å². The summed E-state index contributed by atoms with van der Waals surface area (Å²) in [6.45, 7) is 5.31. The molecule has 0 bridgehead atoms. The van der Waals surface area contributed by atoms with Crippen LogP contribution in [-0.2, 0) is 20.8 Å². The molecule has 1 spiro atoms. The molecule has 0 radical (unpaired) electrons. The smallest absolute Gasteiger partial charge is 0.250 e. The Labute approximate surface area is 201 Å². The molecule has 2 saturated heterocycles. The third-order valence-corrected chi connectivity index (χ3v) is 6.78. The number of piperidine rings is 1. The molecule has 2 aromatic rings. The normalized spacial score (nSPS) is 17.5. The minimum atomic E-state index is -0.727. The quantitative estimate of drug-likeness (QED) is 0.687. The maximum absolute atomic E-state index is 13.7. The van der Waals surface area contributed by atoms with Crippen LogP contribution < -0.4 is 10.2 Å². The van der Waals surface area contributed by atoms with Gasteiger partial charge in [0, 0.05) is 31.2 Å². The van der Waals surface area contributed by atoms with Gasteiger partial charge in [0.25, 0.3) is 5.91 Å². The van der Waals surface area contributed by atoms with Gasteiger partial charge in [-0.3, -0.25) is 14.4 Å². The largest absolute Gasteiger partial charge is 0.352 e. The van der Waals surface area contributed by atoms with Crippen LogP contribution in [0.4, 0.5) is 5.69 Å². The van der Waals surface area contributed by atoms with Gasteiger partial charge >= 0.3 is 0 Å². The van der Waals surface area contributed by atoms with E-state index in [1.54, 1.807) is 4.90 Å². The van der Waals surface area contributed by atoms with E-state index in [0.29, 0.717) is 39.0 Å². The molecule has 34 heavy (non-hydrogen) atoms. The number of aryl methyl sites for hydroxylation is 1. The van der Waals surface area contributed by atoms with Crippen molar-refractivity contribution in [1.29, 1.82) is 0 Å². The average molecular weight is 463 g/mol. The average Bonchev–Trinajstić information content (AvgIpc) is 3.09. The zero-order chi connectivity index (χ0) is 24.1. The fourth-order valence-electron chi connectivity index (χ4n) is 5.04. The maximum atomic E-state index is 13.7. The van der Waals surface area contributed by atoms with Crippen molar-refractivity contribution >= 4 is 23.4 Å². The highest BCUT2D eigenvalue weighted by Crippen LogP contribution is 2.39. The van der Waals surface area contributed by atoms with Gasteiger partial charge < -0.3 is 20.0 Å². The monoisotopic (exact) mass is 462 g/mol. The number of hydrogen-bond donors (Lipinski definition) is 1. The fourth-order valence-corrected chi connectivity index (χ4v) is 5.04. The number of carbonyl (C=O) groups is 3. The molecule has 2 aliphatic heterocycles. The predicted molar refractivity (Wildman–Crippen MR) is 132 cm³/mol. The van der Waals surface area contributed by atoms with Crippen LogP contribution >= 0.6 is 0 Å². The third kappa shape index (κ3) is 5.08. The van der Waals surface area contributed by atoms with Crippen LogP contribution in [0.1, 0.15) is 38.7 Å². The first-order chi connectivity index (χ1) is 16.4. The predicted octanol–water partition coefficient (Wildman–Crippen LogP) is 2.81. The number of rotatable bonds is 7.